The largest absolute Gasteiger partial charge is 0.481 e. The summed E-state index contributed by atoms with van der Waals surface area (Å²) in [5.41, 5.74) is 0. The Morgan fingerprint density at radius 1 is 1.50 bits per heavy atom. The van der Waals surface area contributed by atoms with Gasteiger partial charge in [0.2, 0.25) is 10.0 Å². The van der Waals surface area contributed by atoms with E-state index in [1.54, 1.807) is 0 Å². The highest BCUT2D eigenvalue weighted by atomic mass is 79.9. The third-order valence-corrected chi connectivity index (χ3v) is 5.06. The highest BCUT2D eigenvalue weighted by Gasteiger charge is 2.23. The van der Waals surface area contributed by atoms with Crippen LogP contribution in [-0.4, -0.2) is 37.4 Å². The summed E-state index contributed by atoms with van der Waals surface area (Å²) in [4.78, 5) is 10.3. The van der Waals surface area contributed by atoms with Crippen molar-refractivity contribution in [2.45, 2.75) is 11.3 Å². The van der Waals surface area contributed by atoms with Crippen molar-refractivity contribution in [1.29, 1.82) is 0 Å². The van der Waals surface area contributed by atoms with Crippen LogP contribution >= 0.6 is 15.9 Å². The molecule has 0 spiro atoms. The molecule has 0 aliphatic heterocycles. The molecule has 0 radical (unpaired) electrons. The summed E-state index contributed by atoms with van der Waals surface area (Å²) >= 11 is 2.97. The van der Waals surface area contributed by atoms with Crippen LogP contribution in [0.2, 0.25) is 0 Å². The van der Waals surface area contributed by atoms with Crippen LogP contribution in [0.15, 0.2) is 27.6 Å². The zero-order chi connectivity index (χ0) is 13.9. The Kier molecular flexibility index (Phi) is 4.83. The number of hydrogen-bond acceptors (Lipinski definition) is 3. The van der Waals surface area contributed by atoms with Gasteiger partial charge < -0.3 is 5.11 Å². The second-order valence-corrected chi connectivity index (χ2v) is 6.41. The fraction of sp³-hybridized carbons (Fsp3) is 0.300. The lowest BCUT2D eigenvalue weighted by Crippen LogP contribution is -2.29. The number of carboxylic acid groups (broad SMARTS) is 1. The van der Waals surface area contributed by atoms with Crippen molar-refractivity contribution in [3.05, 3.63) is 28.5 Å². The van der Waals surface area contributed by atoms with Gasteiger partial charge in [-0.2, -0.15) is 0 Å². The number of sulfonamides is 1. The zero-order valence-electron chi connectivity index (χ0n) is 9.43. The van der Waals surface area contributed by atoms with Crippen molar-refractivity contribution in [3.8, 4) is 0 Å². The average Bonchev–Trinajstić information content (AvgIpc) is 2.24. The predicted octanol–water partition coefficient (Wildman–Crippen LogP) is 1.68. The number of nitrogens with zero attached hydrogens (tertiary/aromatic N) is 1. The molecule has 0 saturated heterocycles. The number of hydrogen-bond donors (Lipinski definition) is 1. The predicted molar refractivity (Wildman–Crippen MR) is 66.2 cm³/mol. The quantitative estimate of drug-likeness (QED) is 0.885. The molecule has 0 amide bonds. The van der Waals surface area contributed by atoms with Gasteiger partial charge in [-0.1, -0.05) is 0 Å². The van der Waals surface area contributed by atoms with Crippen molar-refractivity contribution in [2.24, 2.45) is 0 Å². The molecular formula is C10H11BrFNO4S. The van der Waals surface area contributed by atoms with Gasteiger partial charge >= 0.3 is 5.97 Å². The molecule has 0 saturated carbocycles. The molecule has 18 heavy (non-hydrogen) atoms. The van der Waals surface area contributed by atoms with Gasteiger partial charge in [-0.25, -0.2) is 17.1 Å². The molecular weight excluding hydrogens is 329 g/mol. The van der Waals surface area contributed by atoms with Crippen molar-refractivity contribution >= 4 is 31.9 Å². The van der Waals surface area contributed by atoms with E-state index in [2.05, 4.69) is 15.9 Å². The summed E-state index contributed by atoms with van der Waals surface area (Å²) in [6.07, 6.45) is -0.297. The Balaban J connectivity index is 3.02. The van der Waals surface area contributed by atoms with E-state index < -0.39 is 21.8 Å². The van der Waals surface area contributed by atoms with Crippen LogP contribution in [0.25, 0.3) is 0 Å². The van der Waals surface area contributed by atoms with Crippen molar-refractivity contribution in [1.82, 2.24) is 4.31 Å². The Morgan fingerprint density at radius 2 is 2.11 bits per heavy atom. The lowest BCUT2D eigenvalue weighted by molar-refractivity contribution is -0.137. The maximum absolute atomic E-state index is 12.9. The molecule has 0 atom stereocenters. The summed E-state index contributed by atoms with van der Waals surface area (Å²) in [6.45, 7) is -0.151. The minimum atomic E-state index is -3.83. The molecule has 1 N–H and O–H groups in total. The van der Waals surface area contributed by atoms with Crippen LogP contribution < -0.4 is 0 Å². The topological polar surface area (TPSA) is 74.7 Å². The molecule has 1 rings (SSSR count). The molecule has 0 fully saturated rings. The third kappa shape index (κ3) is 3.50. The van der Waals surface area contributed by atoms with Crippen molar-refractivity contribution in [2.75, 3.05) is 13.6 Å². The second-order valence-electron chi connectivity index (χ2n) is 3.55. The molecule has 5 nitrogen and oxygen atoms in total. The van der Waals surface area contributed by atoms with E-state index >= 15 is 0 Å². The van der Waals surface area contributed by atoms with E-state index in [1.807, 2.05) is 0 Å². The number of benzene rings is 1. The number of rotatable bonds is 5. The van der Waals surface area contributed by atoms with Crippen LogP contribution in [-0.2, 0) is 14.8 Å². The maximum atomic E-state index is 12.9. The van der Waals surface area contributed by atoms with E-state index in [1.165, 1.54) is 7.05 Å². The van der Waals surface area contributed by atoms with Crippen LogP contribution in [0, 0.1) is 5.82 Å². The summed E-state index contributed by atoms with van der Waals surface area (Å²) in [5, 5.41) is 8.51. The first-order valence-electron chi connectivity index (χ1n) is 4.88. The second kappa shape index (κ2) is 5.77. The van der Waals surface area contributed by atoms with E-state index in [0.717, 1.165) is 22.5 Å². The Hall–Kier alpha value is -0.990. The summed E-state index contributed by atoms with van der Waals surface area (Å²) in [7, 11) is -2.55. The number of carbonyl (C=O) groups is 1. The molecule has 0 bridgehead atoms. The first-order valence-corrected chi connectivity index (χ1v) is 7.11. The molecule has 8 heteroatoms. The highest BCUT2D eigenvalue weighted by molar-refractivity contribution is 9.10. The van der Waals surface area contributed by atoms with Gasteiger partial charge in [-0.05, 0) is 34.1 Å². The van der Waals surface area contributed by atoms with E-state index in [4.69, 9.17) is 5.11 Å². The van der Waals surface area contributed by atoms with Crippen LogP contribution in [0.3, 0.4) is 0 Å². The van der Waals surface area contributed by atoms with Gasteiger partial charge in [0.15, 0.2) is 0 Å². The van der Waals surface area contributed by atoms with E-state index in [9.17, 15) is 17.6 Å². The summed E-state index contributed by atoms with van der Waals surface area (Å²) in [5.74, 6) is -1.65. The van der Waals surface area contributed by atoms with Crippen LogP contribution in [0.1, 0.15) is 6.42 Å². The number of carboxylic acids is 1. The summed E-state index contributed by atoms with van der Waals surface area (Å²) in [6, 6.07) is 3.20. The normalized spacial score (nSPS) is 11.8. The van der Waals surface area contributed by atoms with Gasteiger partial charge in [0.1, 0.15) is 5.82 Å². The molecule has 0 aliphatic carbocycles. The molecule has 0 aliphatic rings. The fourth-order valence-electron chi connectivity index (χ4n) is 1.23. The van der Waals surface area contributed by atoms with Gasteiger partial charge in [-0.15, -0.1) is 0 Å². The summed E-state index contributed by atoms with van der Waals surface area (Å²) < 4.78 is 38.0. The van der Waals surface area contributed by atoms with Gasteiger partial charge in [0.05, 0.1) is 11.3 Å². The van der Waals surface area contributed by atoms with E-state index in [0.29, 0.717) is 0 Å². The maximum Gasteiger partial charge on any atom is 0.304 e. The highest BCUT2D eigenvalue weighted by Crippen LogP contribution is 2.25. The smallest absolute Gasteiger partial charge is 0.304 e. The third-order valence-electron chi connectivity index (χ3n) is 2.22. The minimum Gasteiger partial charge on any atom is -0.481 e. The molecule has 1 aromatic rings. The molecule has 1 aromatic carbocycles. The first kappa shape index (κ1) is 15.1. The Labute approximate surface area is 112 Å². The van der Waals surface area contributed by atoms with Crippen molar-refractivity contribution in [3.63, 3.8) is 0 Å². The molecule has 0 aromatic heterocycles. The van der Waals surface area contributed by atoms with Gasteiger partial charge in [0.25, 0.3) is 0 Å². The first-order chi connectivity index (χ1) is 8.25. The SMILES string of the molecule is CN(CCC(=O)O)S(=O)(=O)c1ccc(F)cc1Br. The van der Waals surface area contributed by atoms with Gasteiger partial charge in [-0.3, -0.25) is 4.79 Å². The lowest BCUT2D eigenvalue weighted by atomic mass is 10.3. The van der Waals surface area contributed by atoms with Gasteiger partial charge in [0, 0.05) is 18.1 Å². The van der Waals surface area contributed by atoms with Crippen LogP contribution in [0.5, 0.6) is 0 Å². The minimum absolute atomic E-state index is 0.100. The fourth-order valence-corrected chi connectivity index (χ4v) is 3.40. The van der Waals surface area contributed by atoms with E-state index in [-0.39, 0.29) is 22.3 Å². The average molecular weight is 340 g/mol. The monoisotopic (exact) mass is 339 g/mol. The van der Waals surface area contributed by atoms with Crippen LogP contribution in [0.4, 0.5) is 4.39 Å². The number of halogens is 2. The van der Waals surface area contributed by atoms with Crippen molar-refractivity contribution < 1.29 is 22.7 Å². The number of aliphatic carboxylic acids is 1. The lowest BCUT2D eigenvalue weighted by Gasteiger charge is -2.17. The molecule has 0 heterocycles. The molecule has 100 valence electrons. The zero-order valence-corrected chi connectivity index (χ0v) is 11.8. The Morgan fingerprint density at radius 3 is 2.61 bits per heavy atom. The standard InChI is InChI=1S/C10H11BrFNO4S/c1-13(5-4-10(14)15)18(16,17)9-3-2-7(12)6-8(9)11/h2-3,6H,4-5H2,1H3,(H,14,15). The Bertz CT molecular complexity index is 561. The molecule has 0 unspecified atom stereocenters.